The third-order valence-corrected chi connectivity index (χ3v) is 4.23. The minimum Gasteiger partial charge on any atom is -0.310 e. The maximum absolute atomic E-state index is 12.9. The van der Waals surface area contributed by atoms with Crippen molar-refractivity contribution >= 4 is 27.7 Å². The van der Waals surface area contributed by atoms with E-state index in [2.05, 4.69) is 35.1 Å². The predicted octanol–water partition coefficient (Wildman–Crippen LogP) is 4.21. The van der Waals surface area contributed by atoms with Gasteiger partial charge in [0.2, 0.25) is 0 Å². The van der Waals surface area contributed by atoms with Crippen molar-refractivity contribution in [2.24, 2.45) is 0 Å². The van der Waals surface area contributed by atoms with Crippen LogP contribution in [0.3, 0.4) is 0 Å². The van der Waals surface area contributed by atoms with E-state index < -0.39 is 0 Å². The Kier molecular flexibility index (Phi) is 7.16. The Bertz CT molecular complexity index is 346. The Labute approximate surface area is 116 Å². The number of nitrogens with one attached hydrogen (secondary N) is 1. The van der Waals surface area contributed by atoms with Gasteiger partial charge >= 0.3 is 0 Å². The van der Waals surface area contributed by atoms with Gasteiger partial charge in [-0.25, -0.2) is 4.39 Å². The summed E-state index contributed by atoms with van der Waals surface area (Å²) in [5.41, 5.74) is 1.10. The Morgan fingerprint density at radius 2 is 2.24 bits per heavy atom. The summed E-state index contributed by atoms with van der Waals surface area (Å²) < 4.78 is 13.7. The fourth-order valence-electron chi connectivity index (χ4n) is 1.46. The van der Waals surface area contributed by atoms with Crippen molar-refractivity contribution < 1.29 is 4.39 Å². The van der Waals surface area contributed by atoms with Crippen LogP contribution in [-0.4, -0.2) is 17.5 Å². The molecule has 1 N–H and O–H groups in total. The normalized spacial score (nSPS) is 12.7. The first kappa shape index (κ1) is 15.0. The Morgan fingerprint density at radius 1 is 1.47 bits per heavy atom. The zero-order valence-corrected chi connectivity index (χ0v) is 12.7. The summed E-state index contributed by atoms with van der Waals surface area (Å²) in [4.78, 5) is 0. The average Bonchev–Trinajstić information content (AvgIpc) is 2.28. The van der Waals surface area contributed by atoms with E-state index in [1.54, 1.807) is 0 Å². The monoisotopic (exact) mass is 319 g/mol. The van der Waals surface area contributed by atoms with Crippen LogP contribution in [0.2, 0.25) is 0 Å². The zero-order chi connectivity index (χ0) is 12.7. The molecule has 0 saturated heterocycles. The van der Waals surface area contributed by atoms with Crippen molar-refractivity contribution in [1.29, 1.82) is 0 Å². The van der Waals surface area contributed by atoms with Crippen LogP contribution >= 0.6 is 27.7 Å². The summed E-state index contributed by atoms with van der Waals surface area (Å²) in [6, 6.07) is 5.32. The molecular formula is C13H19BrFNS. The van der Waals surface area contributed by atoms with E-state index >= 15 is 0 Å². The minimum absolute atomic E-state index is 0.201. The fraction of sp³-hybridized carbons (Fsp3) is 0.538. The van der Waals surface area contributed by atoms with Crippen LogP contribution in [0.15, 0.2) is 22.7 Å². The Balaban J connectivity index is 2.34. The lowest BCUT2D eigenvalue weighted by Crippen LogP contribution is -2.26. The van der Waals surface area contributed by atoms with Gasteiger partial charge < -0.3 is 5.32 Å². The van der Waals surface area contributed by atoms with Gasteiger partial charge in [-0.3, -0.25) is 0 Å². The topological polar surface area (TPSA) is 12.0 Å². The lowest BCUT2D eigenvalue weighted by molar-refractivity contribution is 0.536. The molecule has 1 aromatic rings. The van der Waals surface area contributed by atoms with Crippen molar-refractivity contribution in [3.05, 3.63) is 34.1 Å². The minimum atomic E-state index is -0.201. The molecule has 1 rings (SSSR count). The summed E-state index contributed by atoms with van der Waals surface area (Å²) in [7, 11) is 0. The summed E-state index contributed by atoms with van der Waals surface area (Å²) in [5, 5.41) is 3.45. The van der Waals surface area contributed by atoms with E-state index in [0.717, 1.165) is 23.0 Å². The Hall–Kier alpha value is -0.0600. The van der Waals surface area contributed by atoms with Crippen molar-refractivity contribution in [1.82, 2.24) is 5.32 Å². The summed E-state index contributed by atoms with van der Waals surface area (Å²) in [6.45, 7) is 5.14. The van der Waals surface area contributed by atoms with Gasteiger partial charge in [-0.05, 0) is 42.5 Å². The van der Waals surface area contributed by atoms with E-state index in [1.165, 1.54) is 23.6 Å². The summed E-state index contributed by atoms with van der Waals surface area (Å²) >= 11 is 5.34. The number of hydrogen-bond donors (Lipinski definition) is 1. The second-order valence-corrected chi connectivity index (χ2v) is 6.25. The van der Waals surface area contributed by atoms with Crippen LogP contribution in [0.1, 0.15) is 25.8 Å². The first-order valence-corrected chi connectivity index (χ1v) is 7.83. The van der Waals surface area contributed by atoms with Crippen molar-refractivity contribution in [3.8, 4) is 0 Å². The van der Waals surface area contributed by atoms with Crippen LogP contribution in [-0.2, 0) is 6.54 Å². The highest BCUT2D eigenvalue weighted by atomic mass is 79.9. The first-order valence-electron chi connectivity index (χ1n) is 5.88. The second-order valence-electron chi connectivity index (χ2n) is 4.00. The van der Waals surface area contributed by atoms with Crippen LogP contribution in [0, 0.1) is 5.82 Å². The largest absolute Gasteiger partial charge is 0.310 e. The Morgan fingerprint density at radius 3 is 2.88 bits per heavy atom. The van der Waals surface area contributed by atoms with Crippen LogP contribution < -0.4 is 5.32 Å². The van der Waals surface area contributed by atoms with Gasteiger partial charge in [-0.15, -0.1) is 0 Å². The van der Waals surface area contributed by atoms with Crippen LogP contribution in [0.25, 0.3) is 0 Å². The maximum Gasteiger partial charge on any atom is 0.124 e. The molecule has 0 aliphatic heterocycles. The van der Waals surface area contributed by atoms with Gasteiger partial charge in [-0.2, -0.15) is 11.8 Å². The fourth-order valence-corrected chi connectivity index (χ4v) is 2.76. The molecule has 0 radical (unpaired) electrons. The number of thioether (sulfide) groups is 1. The molecule has 0 bridgehead atoms. The predicted molar refractivity (Wildman–Crippen MR) is 78.0 cm³/mol. The molecule has 17 heavy (non-hydrogen) atoms. The van der Waals surface area contributed by atoms with E-state index in [0.29, 0.717) is 6.04 Å². The molecule has 0 aliphatic rings. The molecular weight excluding hydrogens is 301 g/mol. The van der Waals surface area contributed by atoms with Crippen LogP contribution in [0.4, 0.5) is 4.39 Å². The molecule has 0 amide bonds. The lowest BCUT2D eigenvalue weighted by atomic mass is 10.2. The maximum atomic E-state index is 12.9. The molecule has 0 aromatic heterocycles. The molecule has 96 valence electrons. The third kappa shape index (κ3) is 5.89. The van der Waals surface area contributed by atoms with E-state index in [9.17, 15) is 4.39 Å². The number of rotatable bonds is 7. The SMILES string of the molecule is CCSCCC(C)NCc1ccc(F)cc1Br. The molecule has 0 saturated carbocycles. The number of hydrogen-bond acceptors (Lipinski definition) is 2. The van der Waals surface area contributed by atoms with E-state index in [-0.39, 0.29) is 5.82 Å². The van der Waals surface area contributed by atoms with Crippen molar-refractivity contribution in [2.75, 3.05) is 11.5 Å². The first-order chi connectivity index (χ1) is 8.13. The lowest BCUT2D eigenvalue weighted by Gasteiger charge is -2.14. The third-order valence-electron chi connectivity index (χ3n) is 2.56. The highest BCUT2D eigenvalue weighted by molar-refractivity contribution is 9.10. The number of benzene rings is 1. The zero-order valence-electron chi connectivity index (χ0n) is 10.3. The summed E-state index contributed by atoms with van der Waals surface area (Å²) in [6.07, 6.45) is 1.16. The van der Waals surface area contributed by atoms with Gasteiger partial charge in [0.1, 0.15) is 5.82 Å². The van der Waals surface area contributed by atoms with Crippen molar-refractivity contribution in [2.45, 2.75) is 32.9 Å². The van der Waals surface area contributed by atoms with Gasteiger partial charge in [0.25, 0.3) is 0 Å². The molecule has 0 heterocycles. The van der Waals surface area contributed by atoms with Gasteiger partial charge in [0, 0.05) is 17.1 Å². The van der Waals surface area contributed by atoms with Crippen molar-refractivity contribution in [3.63, 3.8) is 0 Å². The smallest absolute Gasteiger partial charge is 0.124 e. The molecule has 0 fully saturated rings. The average molecular weight is 320 g/mol. The molecule has 1 aromatic carbocycles. The molecule has 4 heteroatoms. The molecule has 1 unspecified atom stereocenters. The van der Waals surface area contributed by atoms with Crippen LogP contribution in [0.5, 0.6) is 0 Å². The quantitative estimate of drug-likeness (QED) is 0.755. The standard InChI is InChI=1S/C13H19BrFNS/c1-3-17-7-6-10(2)16-9-11-4-5-12(15)8-13(11)14/h4-5,8,10,16H,3,6-7,9H2,1-2H3. The van der Waals surface area contributed by atoms with Gasteiger partial charge in [-0.1, -0.05) is 28.9 Å². The van der Waals surface area contributed by atoms with E-state index in [1.807, 2.05) is 17.8 Å². The highest BCUT2D eigenvalue weighted by Gasteiger charge is 2.04. The molecule has 0 spiro atoms. The molecule has 1 nitrogen and oxygen atoms in total. The van der Waals surface area contributed by atoms with Gasteiger partial charge in [0.05, 0.1) is 0 Å². The van der Waals surface area contributed by atoms with E-state index in [4.69, 9.17) is 0 Å². The van der Waals surface area contributed by atoms with Gasteiger partial charge in [0.15, 0.2) is 0 Å². The number of halogens is 2. The molecule has 1 atom stereocenters. The second kappa shape index (κ2) is 8.11. The highest BCUT2D eigenvalue weighted by Crippen LogP contribution is 2.18. The summed E-state index contributed by atoms with van der Waals surface area (Å²) in [5.74, 6) is 2.17. The molecule has 0 aliphatic carbocycles.